The lowest BCUT2D eigenvalue weighted by Crippen LogP contribution is -3.09. The average molecular weight is 565 g/mol. The Morgan fingerprint density at radius 1 is 1.05 bits per heavy atom. The molecule has 2 unspecified atom stereocenters. The van der Waals surface area contributed by atoms with Crippen LogP contribution in [-0.4, -0.2) is 37.1 Å². The van der Waals surface area contributed by atoms with Crippen LogP contribution in [0.1, 0.15) is 44.3 Å². The van der Waals surface area contributed by atoms with Crippen LogP contribution in [0.2, 0.25) is 0 Å². The van der Waals surface area contributed by atoms with Crippen LogP contribution in [0.3, 0.4) is 0 Å². The second-order valence-electron chi connectivity index (χ2n) is 9.72. The van der Waals surface area contributed by atoms with E-state index < -0.39 is 43.3 Å². The number of sulfone groups is 1. The van der Waals surface area contributed by atoms with Crippen molar-refractivity contribution in [1.82, 2.24) is 15.3 Å². The molecule has 0 bridgehead atoms. The van der Waals surface area contributed by atoms with Gasteiger partial charge in [-0.1, -0.05) is 42.5 Å². The van der Waals surface area contributed by atoms with E-state index >= 15 is 0 Å². The number of hydrogen-bond acceptors (Lipinski definition) is 6. The molecule has 0 saturated heterocycles. The number of hydroxylamine groups is 2. The van der Waals surface area contributed by atoms with Crippen molar-refractivity contribution in [2.24, 2.45) is 0 Å². The molecule has 40 heavy (non-hydrogen) atoms. The van der Waals surface area contributed by atoms with Gasteiger partial charge in [0.15, 0.2) is 6.04 Å². The number of aryl methyl sites for hydroxylation is 1. The summed E-state index contributed by atoms with van der Waals surface area (Å²) in [5, 5.41) is 14.9. The Balaban J connectivity index is 1.65. The molecule has 0 fully saturated rings. The van der Waals surface area contributed by atoms with E-state index in [1.807, 2.05) is 30.3 Å². The number of aromatic nitrogens is 2. The van der Waals surface area contributed by atoms with E-state index in [-0.39, 0.29) is 30.3 Å². The smallest absolute Gasteiger partial charge is 0.251 e. The van der Waals surface area contributed by atoms with Crippen molar-refractivity contribution in [2.75, 3.05) is 12.8 Å². The number of fused-ring (bicyclic) bond motifs is 1. The fraction of sp³-hybridized carbons (Fsp3) is 0.207. The van der Waals surface area contributed by atoms with Gasteiger partial charge in [-0.25, -0.2) is 27.2 Å². The van der Waals surface area contributed by atoms with E-state index in [1.54, 1.807) is 25.1 Å². The number of hydrogen-bond donors (Lipinski definition) is 2. The molecule has 2 atom stereocenters. The molecule has 1 aliphatic heterocycles. The fourth-order valence-corrected chi connectivity index (χ4v) is 5.40. The van der Waals surface area contributed by atoms with Crippen LogP contribution < -0.4 is 10.4 Å². The summed E-state index contributed by atoms with van der Waals surface area (Å²) >= 11 is 0. The summed E-state index contributed by atoms with van der Waals surface area (Å²) in [4.78, 5) is 21.5. The highest BCUT2D eigenvalue weighted by Crippen LogP contribution is 2.35. The predicted octanol–water partition coefficient (Wildman–Crippen LogP) is 3.09. The molecule has 0 radical (unpaired) electrons. The summed E-state index contributed by atoms with van der Waals surface area (Å²) in [5.41, 5.74) is 2.45. The van der Waals surface area contributed by atoms with Crippen LogP contribution >= 0.6 is 0 Å². The lowest BCUT2D eigenvalue weighted by atomic mass is 9.89. The number of carbonyl (C=O) groups is 1. The molecule has 0 aliphatic carbocycles. The SMILES string of the molecule is Cc1ccc(C(=O)NCc2ccccc2)cc1-c1nc(S(C)(=O)=O)nc2c1CC[NH+]([O-])C2c1c(F)cccc1F. The quantitative estimate of drug-likeness (QED) is 0.275. The molecule has 11 heteroatoms. The van der Waals surface area contributed by atoms with Crippen LogP contribution in [0.4, 0.5) is 8.78 Å². The minimum absolute atomic E-state index is 0.0453. The van der Waals surface area contributed by atoms with Crippen molar-refractivity contribution in [3.63, 3.8) is 0 Å². The Labute approximate surface area is 230 Å². The first-order valence-electron chi connectivity index (χ1n) is 12.5. The van der Waals surface area contributed by atoms with Gasteiger partial charge in [-0.15, -0.1) is 0 Å². The fourth-order valence-electron chi connectivity index (χ4n) is 4.88. The Morgan fingerprint density at radius 2 is 1.75 bits per heavy atom. The maximum atomic E-state index is 14.9. The van der Waals surface area contributed by atoms with Crippen LogP contribution in [-0.2, 0) is 22.8 Å². The molecule has 0 saturated carbocycles. The molecule has 5 rings (SSSR count). The van der Waals surface area contributed by atoms with Crippen molar-refractivity contribution < 1.29 is 27.1 Å². The van der Waals surface area contributed by atoms with Crippen molar-refractivity contribution in [1.29, 1.82) is 0 Å². The number of halogens is 2. The molecule has 3 aromatic carbocycles. The summed E-state index contributed by atoms with van der Waals surface area (Å²) in [6.07, 6.45) is 1.06. The lowest BCUT2D eigenvalue weighted by Gasteiger charge is -2.37. The van der Waals surface area contributed by atoms with Crippen LogP contribution in [0, 0.1) is 23.8 Å². The highest BCUT2D eigenvalue weighted by molar-refractivity contribution is 7.90. The monoisotopic (exact) mass is 564 g/mol. The number of amides is 1. The zero-order valence-corrected chi connectivity index (χ0v) is 22.6. The molecule has 206 valence electrons. The normalized spacial score (nSPS) is 16.8. The summed E-state index contributed by atoms with van der Waals surface area (Å²) in [6, 6.07) is 16.2. The van der Waals surface area contributed by atoms with Gasteiger partial charge in [-0.2, -0.15) is 0 Å². The first-order valence-corrected chi connectivity index (χ1v) is 14.4. The summed E-state index contributed by atoms with van der Waals surface area (Å²) < 4.78 is 55.0. The summed E-state index contributed by atoms with van der Waals surface area (Å²) in [7, 11) is -3.99. The van der Waals surface area contributed by atoms with Crippen molar-refractivity contribution in [3.8, 4) is 11.3 Å². The third kappa shape index (κ3) is 5.35. The van der Waals surface area contributed by atoms with Gasteiger partial charge < -0.3 is 15.6 Å². The molecular formula is C29H26F2N4O4S. The Morgan fingerprint density at radius 3 is 2.42 bits per heavy atom. The molecule has 4 aromatic rings. The molecule has 2 N–H and O–H groups in total. The number of carbonyl (C=O) groups excluding carboxylic acids is 1. The summed E-state index contributed by atoms with van der Waals surface area (Å²) in [6.45, 7) is 2.04. The van der Waals surface area contributed by atoms with Gasteiger partial charge >= 0.3 is 0 Å². The van der Waals surface area contributed by atoms with E-state index in [0.29, 0.717) is 28.8 Å². The zero-order valence-electron chi connectivity index (χ0n) is 21.7. The Hall–Kier alpha value is -4.06. The molecule has 2 heterocycles. The Kier molecular flexibility index (Phi) is 7.45. The number of nitrogens with zero attached hydrogens (tertiary/aromatic N) is 2. The first-order chi connectivity index (χ1) is 19.0. The second kappa shape index (κ2) is 10.8. The summed E-state index contributed by atoms with van der Waals surface area (Å²) in [5.74, 6) is -2.21. The third-order valence-corrected chi connectivity index (χ3v) is 7.75. The van der Waals surface area contributed by atoms with Gasteiger partial charge in [0.25, 0.3) is 5.91 Å². The zero-order chi connectivity index (χ0) is 28.6. The van der Waals surface area contributed by atoms with Gasteiger partial charge in [0, 0.05) is 35.9 Å². The van der Waals surface area contributed by atoms with Crippen molar-refractivity contribution in [2.45, 2.75) is 31.1 Å². The van der Waals surface area contributed by atoms with Gasteiger partial charge in [0.1, 0.15) is 17.3 Å². The van der Waals surface area contributed by atoms with Crippen molar-refractivity contribution in [3.05, 3.63) is 117 Å². The van der Waals surface area contributed by atoms with Gasteiger partial charge in [-0.05, 0) is 42.3 Å². The van der Waals surface area contributed by atoms with Gasteiger partial charge in [0.05, 0.1) is 17.8 Å². The van der Waals surface area contributed by atoms with Crippen molar-refractivity contribution >= 4 is 15.7 Å². The topological polar surface area (TPSA) is 117 Å². The molecular weight excluding hydrogens is 538 g/mol. The molecule has 1 amide bonds. The maximum absolute atomic E-state index is 14.9. The maximum Gasteiger partial charge on any atom is 0.251 e. The number of quaternary nitrogens is 1. The molecule has 1 aliphatic rings. The minimum atomic E-state index is -3.99. The number of nitrogens with one attached hydrogen (secondary N) is 2. The van der Waals surface area contributed by atoms with Crippen LogP contribution in [0.25, 0.3) is 11.3 Å². The van der Waals surface area contributed by atoms with E-state index in [1.165, 1.54) is 6.07 Å². The van der Waals surface area contributed by atoms with E-state index in [2.05, 4.69) is 15.3 Å². The largest absolute Gasteiger partial charge is 0.634 e. The standard InChI is InChI=1S/C29H26F2N4O4S/c1-17-11-12-19(28(36)32-16-18-7-4-3-5-8-18)15-21(17)25-20-13-14-35(37)27(24-22(30)9-6-10-23(24)31)26(20)34-29(33-25)40(2,38)39/h3-12,15,27,35H,13-14,16H2,1-2H3,(H,32,36). The number of rotatable bonds is 6. The molecule has 1 aromatic heterocycles. The second-order valence-corrected chi connectivity index (χ2v) is 11.6. The predicted molar refractivity (Wildman–Crippen MR) is 144 cm³/mol. The first kappa shape index (κ1) is 27.5. The van der Waals surface area contributed by atoms with E-state index in [0.717, 1.165) is 24.0 Å². The molecule has 8 nitrogen and oxygen atoms in total. The average Bonchev–Trinajstić information content (AvgIpc) is 2.92. The van der Waals surface area contributed by atoms with Gasteiger partial charge in [0.2, 0.25) is 15.0 Å². The van der Waals surface area contributed by atoms with E-state index in [4.69, 9.17) is 0 Å². The molecule has 0 spiro atoms. The van der Waals surface area contributed by atoms with Gasteiger partial charge in [-0.3, -0.25) is 4.79 Å². The minimum Gasteiger partial charge on any atom is -0.634 e. The highest BCUT2D eigenvalue weighted by atomic mass is 32.2. The number of benzene rings is 3. The lowest BCUT2D eigenvalue weighted by molar-refractivity contribution is -0.878. The Bertz CT molecular complexity index is 1690. The third-order valence-electron chi connectivity index (χ3n) is 6.91. The van der Waals surface area contributed by atoms with Crippen LogP contribution in [0.5, 0.6) is 0 Å². The highest BCUT2D eigenvalue weighted by Gasteiger charge is 2.37. The van der Waals surface area contributed by atoms with E-state index in [9.17, 15) is 27.2 Å². The van der Waals surface area contributed by atoms with Crippen LogP contribution in [0.15, 0.2) is 71.9 Å².